The van der Waals surface area contributed by atoms with Gasteiger partial charge in [-0.2, -0.15) is 4.98 Å². The number of nitrogens with zero attached hydrogens (tertiary/aromatic N) is 3. The fourth-order valence-electron chi connectivity index (χ4n) is 5.28. The lowest BCUT2D eigenvalue weighted by Gasteiger charge is -2.35. The third-order valence-electron chi connectivity index (χ3n) is 7.17. The zero-order valence-electron chi connectivity index (χ0n) is 19.8. The molecule has 1 aromatic carbocycles. The molecule has 3 aromatic rings. The number of benzene rings is 1. The standard InChI is InChI=1S/C25H34N8O2/c26-12-20-9-15(5-8-30-24(27)28)10-22(35-20)16-1-3-19(4-2-16)33-14-18-11-21(17-6-7-29-13-17)31-23(18)32-25(33)34/h1-4,11,14-15,17,20,22,29H,5-10,12-13,26H2,(H4,27,28,30)(H,31,32,34)/t15-,17-,20-,22-/m1/s1. The summed E-state index contributed by atoms with van der Waals surface area (Å²) in [6, 6.07) is 10.0. The second-order valence-corrected chi connectivity index (χ2v) is 9.62. The van der Waals surface area contributed by atoms with Crippen LogP contribution in [0.3, 0.4) is 0 Å². The lowest BCUT2D eigenvalue weighted by atomic mass is 9.86. The Balaban J connectivity index is 1.34. The van der Waals surface area contributed by atoms with Crippen molar-refractivity contribution in [2.24, 2.45) is 28.1 Å². The molecule has 2 fully saturated rings. The maximum Gasteiger partial charge on any atom is 0.354 e. The summed E-state index contributed by atoms with van der Waals surface area (Å²) in [6.45, 7) is 3.04. The number of fused-ring (bicyclic) bond motifs is 1. The average Bonchev–Trinajstić information content (AvgIpc) is 3.53. The molecule has 0 unspecified atom stereocenters. The zero-order chi connectivity index (χ0) is 24.4. The van der Waals surface area contributed by atoms with Gasteiger partial charge in [-0.25, -0.2) is 4.79 Å². The number of aromatic amines is 1. The predicted molar refractivity (Wildman–Crippen MR) is 137 cm³/mol. The van der Waals surface area contributed by atoms with Gasteiger partial charge in [0.25, 0.3) is 0 Å². The molecule has 0 saturated carbocycles. The minimum absolute atomic E-state index is 0.00436. The van der Waals surface area contributed by atoms with Crippen molar-refractivity contribution in [3.05, 3.63) is 58.3 Å². The summed E-state index contributed by atoms with van der Waals surface area (Å²) in [5.41, 5.74) is 20.2. The van der Waals surface area contributed by atoms with Crippen LogP contribution < -0.4 is 28.2 Å². The van der Waals surface area contributed by atoms with Crippen molar-refractivity contribution in [3.8, 4) is 5.69 Å². The van der Waals surface area contributed by atoms with Gasteiger partial charge in [-0.15, -0.1) is 0 Å². The van der Waals surface area contributed by atoms with Crippen LogP contribution in [0.4, 0.5) is 0 Å². The summed E-state index contributed by atoms with van der Waals surface area (Å²) in [5, 5.41) is 4.31. The van der Waals surface area contributed by atoms with Crippen LogP contribution in [0, 0.1) is 5.92 Å². The quantitative estimate of drug-likeness (QED) is 0.252. The highest BCUT2D eigenvalue weighted by Gasteiger charge is 2.29. The molecule has 4 atom stereocenters. The zero-order valence-corrected chi connectivity index (χ0v) is 19.8. The van der Waals surface area contributed by atoms with E-state index in [4.69, 9.17) is 21.9 Å². The largest absolute Gasteiger partial charge is 0.370 e. The number of rotatable bonds is 7. The highest BCUT2D eigenvalue weighted by Crippen LogP contribution is 2.36. The SMILES string of the molecule is NC[C@H]1C[C@@H](CCN=C(N)N)C[C@H](c2ccc(-n3cc4cc([C@@H]5CCNC5)[nH]c4nc3=O)cc2)O1. The predicted octanol–water partition coefficient (Wildman–Crippen LogP) is 1.25. The number of nitrogens with two attached hydrogens (primary N) is 3. The molecule has 0 spiro atoms. The van der Waals surface area contributed by atoms with E-state index in [2.05, 4.69) is 26.3 Å². The van der Waals surface area contributed by atoms with Gasteiger partial charge in [0.1, 0.15) is 5.65 Å². The summed E-state index contributed by atoms with van der Waals surface area (Å²) < 4.78 is 7.85. The molecule has 0 radical (unpaired) electrons. The molecule has 0 amide bonds. The Bertz CT molecular complexity index is 1240. The Morgan fingerprint density at radius 2 is 2.06 bits per heavy atom. The Hall–Kier alpha value is -3.21. The van der Waals surface area contributed by atoms with E-state index in [9.17, 15) is 4.79 Å². The van der Waals surface area contributed by atoms with Gasteiger partial charge < -0.3 is 32.2 Å². The monoisotopic (exact) mass is 478 g/mol. The molecule has 0 bridgehead atoms. The fraction of sp³-hybridized carbons (Fsp3) is 0.480. The summed E-state index contributed by atoms with van der Waals surface area (Å²) in [4.78, 5) is 24.5. The molecule has 10 nitrogen and oxygen atoms in total. The van der Waals surface area contributed by atoms with Gasteiger partial charge in [0, 0.05) is 42.8 Å². The number of aromatic nitrogens is 3. The number of guanidine groups is 1. The molecule has 4 heterocycles. The minimum atomic E-state index is -0.305. The van der Waals surface area contributed by atoms with Crippen LogP contribution in [-0.4, -0.2) is 52.8 Å². The maximum atomic E-state index is 12.8. The van der Waals surface area contributed by atoms with Gasteiger partial charge >= 0.3 is 5.69 Å². The molecule has 2 aromatic heterocycles. The van der Waals surface area contributed by atoms with Gasteiger partial charge in [0.2, 0.25) is 0 Å². The van der Waals surface area contributed by atoms with Crippen LogP contribution in [0.25, 0.3) is 16.7 Å². The van der Waals surface area contributed by atoms with E-state index in [0.717, 1.165) is 61.1 Å². The van der Waals surface area contributed by atoms with Crippen LogP contribution in [0.15, 0.2) is 46.3 Å². The van der Waals surface area contributed by atoms with Crippen molar-refractivity contribution in [2.45, 2.75) is 43.8 Å². The Labute approximate surface area is 204 Å². The molecule has 10 heteroatoms. The molecule has 35 heavy (non-hydrogen) atoms. The number of nitrogens with one attached hydrogen (secondary N) is 2. The Morgan fingerprint density at radius 3 is 2.77 bits per heavy atom. The van der Waals surface area contributed by atoms with Crippen molar-refractivity contribution in [1.82, 2.24) is 19.9 Å². The van der Waals surface area contributed by atoms with E-state index in [1.54, 1.807) is 4.57 Å². The van der Waals surface area contributed by atoms with E-state index in [1.165, 1.54) is 0 Å². The molecule has 8 N–H and O–H groups in total. The topological polar surface area (TPSA) is 162 Å². The Morgan fingerprint density at radius 1 is 1.23 bits per heavy atom. The van der Waals surface area contributed by atoms with Crippen LogP contribution >= 0.6 is 0 Å². The fourth-order valence-corrected chi connectivity index (χ4v) is 5.28. The number of hydrogen-bond acceptors (Lipinski definition) is 6. The van der Waals surface area contributed by atoms with E-state index < -0.39 is 0 Å². The van der Waals surface area contributed by atoms with Gasteiger partial charge in [0.05, 0.1) is 17.9 Å². The smallest absolute Gasteiger partial charge is 0.354 e. The molecular formula is C25H34N8O2. The third-order valence-corrected chi connectivity index (χ3v) is 7.17. The van der Waals surface area contributed by atoms with E-state index >= 15 is 0 Å². The first-order chi connectivity index (χ1) is 17.0. The molecule has 186 valence electrons. The van der Waals surface area contributed by atoms with Gasteiger partial charge in [-0.1, -0.05) is 12.1 Å². The average molecular weight is 479 g/mol. The number of H-pyrrole nitrogens is 1. The van der Waals surface area contributed by atoms with Crippen molar-refractivity contribution >= 4 is 17.0 Å². The lowest BCUT2D eigenvalue weighted by Crippen LogP contribution is -2.34. The summed E-state index contributed by atoms with van der Waals surface area (Å²) >= 11 is 0. The minimum Gasteiger partial charge on any atom is -0.370 e. The van der Waals surface area contributed by atoms with Crippen molar-refractivity contribution < 1.29 is 4.74 Å². The molecule has 2 aliphatic rings. The molecule has 2 saturated heterocycles. The number of ether oxygens (including phenoxy) is 1. The van der Waals surface area contributed by atoms with Crippen LogP contribution in [0.1, 0.15) is 49.0 Å². The highest BCUT2D eigenvalue weighted by molar-refractivity contribution is 5.76. The highest BCUT2D eigenvalue weighted by atomic mass is 16.5. The first-order valence-corrected chi connectivity index (χ1v) is 12.3. The van der Waals surface area contributed by atoms with Gasteiger partial charge in [-0.05, 0) is 61.9 Å². The number of hydrogen-bond donors (Lipinski definition) is 5. The van der Waals surface area contributed by atoms with Crippen LogP contribution in [-0.2, 0) is 4.74 Å². The number of aliphatic imine (C=N–C) groups is 1. The van der Waals surface area contributed by atoms with Gasteiger partial charge in [0.15, 0.2) is 5.96 Å². The van der Waals surface area contributed by atoms with Crippen molar-refractivity contribution in [2.75, 3.05) is 26.2 Å². The van der Waals surface area contributed by atoms with Crippen LogP contribution in [0.2, 0.25) is 0 Å². The maximum absolute atomic E-state index is 12.8. The third kappa shape index (κ3) is 5.24. The van der Waals surface area contributed by atoms with Gasteiger partial charge in [-0.3, -0.25) is 9.56 Å². The molecular weight excluding hydrogens is 444 g/mol. The summed E-state index contributed by atoms with van der Waals surface area (Å²) in [6.07, 6.45) is 5.58. The first-order valence-electron chi connectivity index (χ1n) is 12.3. The van der Waals surface area contributed by atoms with E-state index in [-0.39, 0.29) is 23.9 Å². The van der Waals surface area contributed by atoms with E-state index in [0.29, 0.717) is 30.6 Å². The van der Waals surface area contributed by atoms with E-state index in [1.807, 2.05) is 30.5 Å². The van der Waals surface area contributed by atoms with Crippen LogP contribution in [0.5, 0.6) is 0 Å². The molecule has 5 rings (SSSR count). The van der Waals surface area contributed by atoms with Crippen molar-refractivity contribution in [1.29, 1.82) is 0 Å². The normalized spacial score (nSPS) is 24.6. The Kier molecular flexibility index (Phi) is 6.85. The molecule has 2 aliphatic heterocycles. The summed E-state index contributed by atoms with van der Waals surface area (Å²) in [7, 11) is 0. The second-order valence-electron chi connectivity index (χ2n) is 9.62. The summed E-state index contributed by atoms with van der Waals surface area (Å²) in [5.74, 6) is 0.981. The lowest BCUT2D eigenvalue weighted by molar-refractivity contribution is -0.0690. The second kappa shape index (κ2) is 10.2. The molecule has 0 aliphatic carbocycles. The first kappa shape index (κ1) is 23.5. The van der Waals surface area contributed by atoms with Crippen molar-refractivity contribution in [3.63, 3.8) is 0 Å².